The summed E-state index contributed by atoms with van der Waals surface area (Å²) in [4.78, 5) is 25.9. The fraction of sp³-hybridized carbons (Fsp3) is 0.111. The van der Waals surface area contributed by atoms with Crippen molar-refractivity contribution >= 4 is 45.7 Å². The van der Waals surface area contributed by atoms with E-state index in [-0.39, 0.29) is 17.6 Å². The van der Waals surface area contributed by atoms with E-state index in [1.807, 2.05) is 66.7 Å². The Morgan fingerprint density at radius 2 is 1.47 bits per heavy atom. The monoisotopic (exact) mass is 470 g/mol. The number of carbonyl (C=O) groups is 2. The van der Waals surface area contributed by atoms with E-state index in [9.17, 15) is 9.59 Å². The first-order chi connectivity index (χ1) is 16.6. The second-order valence-corrected chi connectivity index (χ2v) is 8.78. The molecule has 0 spiro atoms. The zero-order valence-electron chi connectivity index (χ0n) is 18.2. The van der Waals surface area contributed by atoms with Crippen molar-refractivity contribution in [3.05, 3.63) is 90.5 Å². The van der Waals surface area contributed by atoms with E-state index in [4.69, 9.17) is 9.47 Å². The molecule has 4 aromatic carbocycles. The Labute approximate surface area is 201 Å². The molecule has 5 rings (SSSR count). The van der Waals surface area contributed by atoms with Gasteiger partial charge in [-0.2, -0.15) is 0 Å². The maximum Gasteiger partial charge on any atom is 0.255 e. The molecule has 0 aromatic heterocycles. The molecular weight excluding hydrogens is 448 g/mol. The highest BCUT2D eigenvalue weighted by Crippen LogP contribution is 2.32. The summed E-state index contributed by atoms with van der Waals surface area (Å²) in [6.45, 7) is 1.03. The molecule has 1 aliphatic heterocycles. The highest BCUT2D eigenvalue weighted by Gasteiger charge is 2.13. The van der Waals surface area contributed by atoms with Gasteiger partial charge in [-0.25, -0.2) is 0 Å². The van der Waals surface area contributed by atoms with E-state index in [1.54, 1.807) is 18.2 Å². The molecule has 0 fully saturated rings. The number of ether oxygens (including phenoxy) is 2. The Balaban J connectivity index is 1.14. The quantitative estimate of drug-likeness (QED) is 0.359. The summed E-state index contributed by atoms with van der Waals surface area (Å²) >= 11 is 1.42. The predicted molar refractivity (Wildman–Crippen MR) is 135 cm³/mol. The van der Waals surface area contributed by atoms with Crippen LogP contribution < -0.4 is 20.1 Å². The fourth-order valence-corrected chi connectivity index (χ4v) is 4.33. The summed E-state index contributed by atoms with van der Waals surface area (Å²) in [5, 5.41) is 7.92. The maximum atomic E-state index is 12.6. The minimum absolute atomic E-state index is 0.115. The van der Waals surface area contributed by atoms with Gasteiger partial charge in [0.25, 0.3) is 5.91 Å². The van der Waals surface area contributed by atoms with Crippen molar-refractivity contribution in [2.24, 2.45) is 0 Å². The van der Waals surface area contributed by atoms with Crippen molar-refractivity contribution in [1.82, 2.24) is 0 Å². The van der Waals surface area contributed by atoms with Crippen molar-refractivity contribution < 1.29 is 19.1 Å². The Hall–Kier alpha value is -3.97. The number of thioether (sulfide) groups is 1. The van der Waals surface area contributed by atoms with E-state index < -0.39 is 0 Å². The third kappa shape index (κ3) is 5.15. The molecule has 1 heterocycles. The Bertz CT molecular complexity index is 1350. The summed E-state index contributed by atoms with van der Waals surface area (Å²) in [6, 6.07) is 26.4. The Morgan fingerprint density at radius 1 is 0.735 bits per heavy atom. The zero-order valence-corrected chi connectivity index (χ0v) is 19.1. The number of carbonyl (C=O) groups excluding carboxylic acids is 2. The van der Waals surface area contributed by atoms with Crippen LogP contribution in [0.1, 0.15) is 10.4 Å². The van der Waals surface area contributed by atoms with Crippen molar-refractivity contribution in [2.45, 2.75) is 4.90 Å². The summed E-state index contributed by atoms with van der Waals surface area (Å²) in [6.07, 6.45) is 0. The van der Waals surface area contributed by atoms with Crippen LogP contribution in [0.4, 0.5) is 11.4 Å². The van der Waals surface area contributed by atoms with Gasteiger partial charge in [0, 0.05) is 27.9 Å². The van der Waals surface area contributed by atoms with Crippen LogP contribution in [0, 0.1) is 0 Å². The predicted octanol–water partition coefficient (Wildman–Crippen LogP) is 5.59. The molecule has 170 valence electrons. The standard InChI is InChI=1S/C27H22N2O4S/c30-26(28-22-9-12-24-25(16-22)33-14-13-32-24)17-34-23-10-7-21(8-11-23)29-27(31)20-6-5-18-3-1-2-4-19(18)15-20/h1-12,15-16H,13-14,17H2,(H,28,30)(H,29,31). The molecular formula is C27H22N2O4S. The van der Waals surface area contributed by atoms with Gasteiger partial charge in [-0.05, 0) is 59.3 Å². The van der Waals surface area contributed by atoms with Crippen LogP contribution in [0.2, 0.25) is 0 Å². The van der Waals surface area contributed by atoms with Crippen LogP contribution in [0.15, 0.2) is 89.8 Å². The first-order valence-corrected chi connectivity index (χ1v) is 11.9. The summed E-state index contributed by atoms with van der Waals surface area (Å²) < 4.78 is 11.0. The van der Waals surface area contributed by atoms with Crippen LogP contribution in [-0.2, 0) is 4.79 Å². The minimum atomic E-state index is -0.162. The lowest BCUT2D eigenvalue weighted by molar-refractivity contribution is -0.113. The number of hydrogen-bond donors (Lipinski definition) is 2. The molecule has 6 nitrogen and oxygen atoms in total. The fourth-order valence-electron chi connectivity index (χ4n) is 3.64. The van der Waals surface area contributed by atoms with E-state index in [1.165, 1.54) is 11.8 Å². The number of hydrogen-bond acceptors (Lipinski definition) is 5. The molecule has 0 unspecified atom stereocenters. The van der Waals surface area contributed by atoms with Crippen molar-refractivity contribution in [3.63, 3.8) is 0 Å². The van der Waals surface area contributed by atoms with E-state index in [0.29, 0.717) is 41.7 Å². The van der Waals surface area contributed by atoms with Gasteiger partial charge in [-0.3, -0.25) is 9.59 Å². The second kappa shape index (κ2) is 9.89. The zero-order chi connectivity index (χ0) is 23.3. The maximum absolute atomic E-state index is 12.6. The number of nitrogens with one attached hydrogen (secondary N) is 2. The van der Waals surface area contributed by atoms with Crippen LogP contribution in [0.25, 0.3) is 10.8 Å². The SMILES string of the molecule is O=C(CSc1ccc(NC(=O)c2ccc3ccccc3c2)cc1)Nc1ccc2c(c1)OCCO2. The molecule has 4 aromatic rings. The van der Waals surface area contributed by atoms with Crippen molar-refractivity contribution in [3.8, 4) is 11.5 Å². The van der Waals surface area contributed by atoms with Crippen molar-refractivity contribution in [2.75, 3.05) is 29.6 Å². The number of rotatable bonds is 6. The Morgan fingerprint density at radius 3 is 2.29 bits per heavy atom. The van der Waals surface area contributed by atoms with E-state index in [0.717, 1.165) is 15.7 Å². The van der Waals surface area contributed by atoms with Gasteiger partial charge in [0.2, 0.25) is 5.91 Å². The molecule has 2 amide bonds. The van der Waals surface area contributed by atoms with E-state index >= 15 is 0 Å². The highest BCUT2D eigenvalue weighted by atomic mass is 32.2. The minimum Gasteiger partial charge on any atom is -0.486 e. The molecule has 0 saturated carbocycles. The lowest BCUT2D eigenvalue weighted by atomic mass is 10.1. The van der Waals surface area contributed by atoms with Gasteiger partial charge < -0.3 is 20.1 Å². The number of fused-ring (bicyclic) bond motifs is 2. The lowest BCUT2D eigenvalue weighted by Crippen LogP contribution is -2.17. The van der Waals surface area contributed by atoms with Crippen LogP contribution in [-0.4, -0.2) is 30.8 Å². The number of anilines is 2. The molecule has 0 atom stereocenters. The van der Waals surface area contributed by atoms with Crippen LogP contribution >= 0.6 is 11.8 Å². The average Bonchev–Trinajstić information content (AvgIpc) is 2.88. The topological polar surface area (TPSA) is 76.7 Å². The third-order valence-electron chi connectivity index (χ3n) is 5.32. The summed E-state index contributed by atoms with van der Waals surface area (Å²) in [5.74, 6) is 1.31. The average molecular weight is 471 g/mol. The normalized spacial score (nSPS) is 12.2. The molecule has 0 radical (unpaired) electrons. The van der Waals surface area contributed by atoms with Crippen molar-refractivity contribution in [1.29, 1.82) is 0 Å². The molecule has 0 aliphatic carbocycles. The number of amides is 2. The van der Waals surface area contributed by atoms with Gasteiger partial charge >= 0.3 is 0 Å². The van der Waals surface area contributed by atoms with Gasteiger partial charge in [0.05, 0.1) is 5.75 Å². The second-order valence-electron chi connectivity index (χ2n) is 7.74. The molecule has 1 aliphatic rings. The number of benzene rings is 4. The molecule has 0 bridgehead atoms. The first kappa shape index (κ1) is 21.9. The third-order valence-corrected chi connectivity index (χ3v) is 6.33. The lowest BCUT2D eigenvalue weighted by Gasteiger charge is -2.19. The largest absolute Gasteiger partial charge is 0.486 e. The highest BCUT2D eigenvalue weighted by molar-refractivity contribution is 8.00. The molecule has 34 heavy (non-hydrogen) atoms. The molecule has 7 heteroatoms. The van der Waals surface area contributed by atoms with Crippen LogP contribution in [0.3, 0.4) is 0 Å². The van der Waals surface area contributed by atoms with Gasteiger partial charge in [-0.1, -0.05) is 30.3 Å². The van der Waals surface area contributed by atoms with E-state index in [2.05, 4.69) is 10.6 Å². The summed E-state index contributed by atoms with van der Waals surface area (Å²) in [7, 11) is 0. The Kier molecular flexibility index (Phi) is 6.35. The van der Waals surface area contributed by atoms with Gasteiger partial charge in [0.15, 0.2) is 11.5 Å². The molecule has 0 saturated heterocycles. The first-order valence-electron chi connectivity index (χ1n) is 10.9. The van der Waals surface area contributed by atoms with Gasteiger partial charge in [0.1, 0.15) is 13.2 Å². The smallest absolute Gasteiger partial charge is 0.255 e. The summed E-state index contributed by atoms with van der Waals surface area (Å²) in [5.41, 5.74) is 1.97. The van der Waals surface area contributed by atoms with Crippen LogP contribution in [0.5, 0.6) is 11.5 Å². The molecule has 2 N–H and O–H groups in total. The van der Waals surface area contributed by atoms with Gasteiger partial charge in [-0.15, -0.1) is 11.8 Å².